The van der Waals surface area contributed by atoms with Gasteiger partial charge in [-0.3, -0.25) is 4.98 Å². The Morgan fingerprint density at radius 1 is 1.22 bits per heavy atom. The summed E-state index contributed by atoms with van der Waals surface area (Å²) in [5, 5.41) is 4.70. The molecule has 1 fully saturated rings. The third-order valence-corrected chi connectivity index (χ3v) is 4.44. The molecule has 0 unspecified atom stereocenters. The van der Waals surface area contributed by atoms with Crippen molar-refractivity contribution in [3.63, 3.8) is 0 Å². The summed E-state index contributed by atoms with van der Waals surface area (Å²) in [6, 6.07) is 6.49. The average molecular weight is 308 g/mol. The molecule has 4 heterocycles. The predicted octanol–water partition coefficient (Wildman–Crippen LogP) is 2.87. The Labute approximate surface area is 135 Å². The molecule has 1 saturated heterocycles. The van der Waals surface area contributed by atoms with Crippen LogP contribution in [0.2, 0.25) is 0 Å². The largest absolute Gasteiger partial charge is 0.354 e. The molecule has 6 nitrogen and oxygen atoms in total. The fraction of sp³-hybridized carbons (Fsp3) is 0.412. The number of aryl methyl sites for hydroxylation is 1. The summed E-state index contributed by atoms with van der Waals surface area (Å²) in [5.41, 5.74) is 1.88. The molecule has 0 bridgehead atoms. The molecule has 0 aromatic carbocycles. The van der Waals surface area contributed by atoms with Gasteiger partial charge in [0.15, 0.2) is 5.82 Å². The van der Waals surface area contributed by atoms with Gasteiger partial charge in [-0.15, -0.1) is 5.10 Å². The Morgan fingerprint density at radius 3 is 2.91 bits per heavy atom. The Bertz CT molecular complexity index is 826. The summed E-state index contributed by atoms with van der Waals surface area (Å²) in [6.07, 6.45) is 7.26. The number of pyridine rings is 1. The highest BCUT2D eigenvalue weighted by Crippen LogP contribution is 2.26. The molecule has 1 aliphatic rings. The van der Waals surface area contributed by atoms with Crippen molar-refractivity contribution < 1.29 is 0 Å². The van der Waals surface area contributed by atoms with Gasteiger partial charge in [0.1, 0.15) is 5.82 Å². The molecular formula is C17H20N6. The van der Waals surface area contributed by atoms with Gasteiger partial charge in [0.25, 0.3) is 5.78 Å². The Balaban J connectivity index is 1.86. The number of nitrogens with zero attached hydrogens (tertiary/aromatic N) is 6. The van der Waals surface area contributed by atoms with Crippen LogP contribution in [0.25, 0.3) is 17.2 Å². The second-order valence-corrected chi connectivity index (χ2v) is 6.18. The van der Waals surface area contributed by atoms with E-state index in [2.05, 4.69) is 32.8 Å². The summed E-state index contributed by atoms with van der Waals surface area (Å²) >= 11 is 0. The third kappa shape index (κ3) is 2.54. The highest BCUT2D eigenvalue weighted by Gasteiger charge is 2.22. The van der Waals surface area contributed by atoms with Crippen molar-refractivity contribution in [3.05, 3.63) is 36.3 Å². The number of aromatic nitrogens is 5. The maximum Gasteiger partial charge on any atom is 0.254 e. The summed E-state index contributed by atoms with van der Waals surface area (Å²) in [7, 11) is 0. The van der Waals surface area contributed by atoms with Crippen LogP contribution in [0.5, 0.6) is 0 Å². The van der Waals surface area contributed by atoms with Gasteiger partial charge >= 0.3 is 0 Å². The highest BCUT2D eigenvalue weighted by atomic mass is 15.4. The van der Waals surface area contributed by atoms with E-state index >= 15 is 0 Å². The van der Waals surface area contributed by atoms with Crippen LogP contribution in [-0.4, -0.2) is 37.2 Å². The molecular weight excluding hydrogens is 288 g/mol. The monoisotopic (exact) mass is 308 g/mol. The first-order valence-electron chi connectivity index (χ1n) is 8.14. The third-order valence-electron chi connectivity index (χ3n) is 4.44. The first-order chi connectivity index (χ1) is 11.2. The molecule has 0 saturated carbocycles. The van der Waals surface area contributed by atoms with Gasteiger partial charge in [-0.2, -0.15) is 9.50 Å². The summed E-state index contributed by atoms with van der Waals surface area (Å²) in [4.78, 5) is 15.7. The summed E-state index contributed by atoms with van der Waals surface area (Å²) in [6.45, 7) is 5.35. The lowest BCUT2D eigenvalue weighted by atomic mass is 10.0. The fourth-order valence-electron chi connectivity index (χ4n) is 3.23. The van der Waals surface area contributed by atoms with Crippen LogP contribution in [0.3, 0.4) is 0 Å². The molecule has 6 heteroatoms. The van der Waals surface area contributed by atoms with E-state index in [1.54, 1.807) is 12.4 Å². The zero-order chi connectivity index (χ0) is 15.8. The van der Waals surface area contributed by atoms with Crippen molar-refractivity contribution in [2.45, 2.75) is 39.2 Å². The predicted molar refractivity (Wildman–Crippen MR) is 89.4 cm³/mol. The van der Waals surface area contributed by atoms with Gasteiger partial charge in [-0.1, -0.05) is 0 Å². The quantitative estimate of drug-likeness (QED) is 0.728. The van der Waals surface area contributed by atoms with Crippen molar-refractivity contribution in [3.8, 4) is 11.4 Å². The van der Waals surface area contributed by atoms with Gasteiger partial charge < -0.3 is 4.90 Å². The van der Waals surface area contributed by atoms with Crippen LogP contribution in [0.15, 0.2) is 30.6 Å². The SMILES string of the molecule is Cc1cc(N2CCCC[C@H]2C)n2nc(-c3cccnc3)nc2n1. The van der Waals surface area contributed by atoms with Crippen molar-refractivity contribution in [2.75, 3.05) is 11.4 Å². The minimum atomic E-state index is 0.514. The van der Waals surface area contributed by atoms with Crippen molar-refractivity contribution in [1.82, 2.24) is 24.6 Å². The number of anilines is 1. The van der Waals surface area contributed by atoms with Gasteiger partial charge in [0.2, 0.25) is 0 Å². The lowest BCUT2D eigenvalue weighted by Crippen LogP contribution is -2.38. The van der Waals surface area contributed by atoms with Gasteiger partial charge in [-0.05, 0) is 45.2 Å². The smallest absolute Gasteiger partial charge is 0.254 e. The van der Waals surface area contributed by atoms with E-state index in [1.165, 1.54) is 19.3 Å². The standard InChI is InChI=1S/C17H20N6/c1-12-10-15(22-9-4-3-6-13(22)2)23-17(19-12)20-16(21-23)14-7-5-8-18-11-14/h5,7-8,10-11,13H,3-4,6,9H2,1-2H3/t13-/m1/s1. The van der Waals surface area contributed by atoms with E-state index in [0.717, 1.165) is 23.6 Å². The molecule has 1 aliphatic heterocycles. The van der Waals surface area contributed by atoms with Crippen molar-refractivity contribution >= 4 is 11.6 Å². The molecule has 1 atom stereocenters. The highest BCUT2D eigenvalue weighted by molar-refractivity contribution is 5.58. The van der Waals surface area contributed by atoms with Crippen LogP contribution in [0.1, 0.15) is 31.9 Å². The lowest BCUT2D eigenvalue weighted by molar-refractivity contribution is 0.477. The van der Waals surface area contributed by atoms with E-state index in [4.69, 9.17) is 5.10 Å². The van der Waals surface area contributed by atoms with Crippen LogP contribution in [0, 0.1) is 6.92 Å². The molecule has 0 spiro atoms. The first-order valence-corrected chi connectivity index (χ1v) is 8.14. The maximum atomic E-state index is 4.70. The van der Waals surface area contributed by atoms with Gasteiger partial charge in [0.05, 0.1) is 0 Å². The number of hydrogen-bond acceptors (Lipinski definition) is 5. The van der Waals surface area contributed by atoms with Crippen LogP contribution in [-0.2, 0) is 0 Å². The average Bonchev–Trinajstić information content (AvgIpc) is 2.99. The Morgan fingerprint density at radius 2 is 2.13 bits per heavy atom. The molecule has 0 aliphatic carbocycles. The van der Waals surface area contributed by atoms with Gasteiger partial charge in [-0.25, -0.2) is 4.98 Å². The Hall–Kier alpha value is -2.50. The van der Waals surface area contributed by atoms with E-state index in [9.17, 15) is 0 Å². The topological polar surface area (TPSA) is 59.2 Å². The molecule has 3 aromatic rings. The Kier molecular flexibility index (Phi) is 3.44. The number of hydrogen-bond donors (Lipinski definition) is 0. The number of rotatable bonds is 2. The van der Waals surface area contributed by atoms with E-state index in [0.29, 0.717) is 17.6 Å². The fourth-order valence-corrected chi connectivity index (χ4v) is 3.23. The molecule has 4 rings (SSSR count). The second kappa shape index (κ2) is 5.61. The summed E-state index contributed by atoms with van der Waals surface area (Å²) < 4.78 is 1.87. The maximum absolute atomic E-state index is 4.70. The zero-order valence-corrected chi connectivity index (χ0v) is 13.5. The molecule has 23 heavy (non-hydrogen) atoms. The van der Waals surface area contributed by atoms with Crippen LogP contribution < -0.4 is 4.90 Å². The van der Waals surface area contributed by atoms with E-state index in [1.807, 2.05) is 23.6 Å². The van der Waals surface area contributed by atoms with Crippen molar-refractivity contribution in [1.29, 1.82) is 0 Å². The molecule has 3 aromatic heterocycles. The van der Waals surface area contributed by atoms with E-state index < -0.39 is 0 Å². The van der Waals surface area contributed by atoms with Gasteiger partial charge in [0, 0.05) is 42.3 Å². The minimum absolute atomic E-state index is 0.514. The normalized spacial score (nSPS) is 18.5. The van der Waals surface area contributed by atoms with Crippen molar-refractivity contribution in [2.24, 2.45) is 0 Å². The number of piperidine rings is 1. The lowest BCUT2D eigenvalue weighted by Gasteiger charge is -2.35. The summed E-state index contributed by atoms with van der Waals surface area (Å²) in [5.74, 6) is 2.40. The minimum Gasteiger partial charge on any atom is -0.354 e. The number of fused-ring (bicyclic) bond motifs is 1. The van der Waals surface area contributed by atoms with E-state index in [-0.39, 0.29) is 0 Å². The zero-order valence-electron chi connectivity index (χ0n) is 13.5. The molecule has 0 amide bonds. The molecule has 0 radical (unpaired) electrons. The van der Waals surface area contributed by atoms with Crippen LogP contribution in [0.4, 0.5) is 5.82 Å². The molecule has 0 N–H and O–H groups in total. The van der Waals surface area contributed by atoms with Crippen LogP contribution >= 0.6 is 0 Å². The molecule has 118 valence electrons. The first kappa shape index (κ1) is 14.1. The second-order valence-electron chi connectivity index (χ2n) is 6.18.